The van der Waals surface area contributed by atoms with Gasteiger partial charge < -0.3 is 10.2 Å². The Morgan fingerprint density at radius 3 is 2.44 bits per heavy atom. The van der Waals surface area contributed by atoms with Crippen molar-refractivity contribution in [3.8, 4) is 5.69 Å². The van der Waals surface area contributed by atoms with E-state index in [4.69, 9.17) is 26.7 Å². The molecule has 1 N–H and O–H groups in total. The summed E-state index contributed by atoms with van der Waals surface area (Å²) in [4.78, 5) is 12.2. The van der Waals surface area contributed by atoms with Crippen LogP contribution in [0.4, 0.5) is 27.3 Å². The third-order valence-corrected chi connectivity index (χ3v) is 7.16. The molecule has 0 bridgehead atoms. The minimum absolute atomic E-state index is 0.300. The Labute approximate surface area is 229 Å². The first-order chi connectivity index (χ1) is 19.1. The number of nitrogens with zero attached hydrogens (tertiary/aromatic N) is 5. The van der Waals surface area contributed by atoms with E-state index < -0.39 is 6.04 Å². The summed E-state index contributed by atoms with van der Waals surface area (Å²) in [6.45, 7) is 1.95. The lowest BCUT2D eigenvalue weighted by Crippen LogP contribution is -2.46. The molecule has 1 unspecified atom stereocenters. The summed E-state index contributed by atoms with van der Waals surface area (Å²) >= 11 is 6.29. The monoisotopic (exact) mass is 532 g/mol. The highest BCUT2D eigenvalue weighted by Crippen LogP contribution is 2.48. The second kappa shape index (κ2) is 9.22. The van der Waals surface area contributed by atoms with Crippen molar-refractivity contribution < 1.29 is 4.39 Å². The lowest BCUT2D eigenvalue weighted by Gasteiger charge is -2.40. The number of hydrogen-bond acceptors (Lipinski definition) is 5. The predicted octanol–water partition coefficient (Wildman–Crippen LogP) is 7.77. The van der Waals surface area contributed by atoms with Gasteiger partial charge in [0.05, 0.1) is 28.8 Å². The fraction of sp³-hybridized carbons (Fsp3) is 0.0645. The first-order valence-corrected chi connectivity index (χ1v) is 12.9. The maximum Gasteiger partial charge on any atom is 0.179 e. The summed E-state index contributed by atoms with van der Waals surface area (Å²) in [7, 11) is 0. The minimum Gasteiger partial charge on any atom is -0.337 e. The van der Waals surface area contributed by atoms with Gasteiger partial charge in [-0.05, 0) is 55.5 Å². The van der Waals surface area contributed by atoms with Crippen LogP contribution in [-0.2, 0) is 0 Å². The Kier molecular flexibility index (Phi) is 5.52. The summed E-state index contributed by atoms with van der Waals surface area (Å²) in [6.07, 6.45) is 0. The molecular weight excluding hydrogens is 511 g/mol. The molecule has 7 rings (SSSR count). The van der Waals surface area contributed by atoms with Crippen LogP contribution in [0.25, 0.3) is 5.69 Å². The van der Waals surface area contributed by atoms with Crippen molar-refractivity contribution in [3.05, 3.63) is 131 Å². The highest BCUT2D eigenvalue weighted by Gasteiger charge is 2.42. The van der Waals surface area contributed by atoms with E-state index in [1.54, 1.807) is 6.07 Å². The number of aliphatic imine (C=N–C) groups is 2. The largest absolute Gasteiger partial charge is 0.337 e. The number of amidine groups is 2. The van der Waals surface area contributed by atoms with E-state index in [-0.39, 0.29) is 5.82 Å². The fourth-order valence-corrected chi connectivity index (χ4v) is 5.43. The Morgan fingerprint density at radius 1 is 0.846 bits per heavy atom. The van der Waals surface area contributed by atoms with Gasteiger partial charge in [0.2, 0.25) is 0 Å². The zero-order valence-corrected chi connectivity index (χ0v) is 21.6. The van der Waals surface area contributed by atoms with Gasteiger partial charge in [-0.3, -0.25) is 0 Å². The number of hydrogen-bond donors (Lipinski definition) is 1. The summed E-state index contributed by atoms with van der Waals surface area (Å²) in [5.74, 6) is 1.43. The van der Waals surface area contributed by atoms with E-state index in [1.165, 1.54) is 6.07 Å². The first kappa shape index (κ1) is 23.4. The molecule has 0 aliphatic carbocycles. The van der Waals surface area contributed by atoms with Crippen LogP contribution >= 0.6 is 11.6 Å². The van der Waals surface area contributed by atoms with Crippen LogP contribution in [0.15, 0.2) is 113 Å². The molecule has 2 aliphatic heterocycles. The van der Waals surface area contributed by atoms with Crippen LogP contribution < -0.4 is 10.2 Å². The molecule has 8 heteroatoms. The number of benzene rings is 4. The van der Waals surface area contributed by atoms with Crippen LogP contribution in [0.2, 0.25) is 5.02 Å². The Balaban J connectivity index is 1.52. The van der Waals surface area contributed by atoms with E-state index in [0.29, 0.717) is 28.1 Å². The van der Waals surface area contributed by atoms with Gasteiger partial charge in [0.1, 0.15) is 5.82 Å². The Bertz CT molecular complexity index is 1790. The number of rotatable bonds is 3. The number of fused-ring (bicyclic) bond motifs is 4. The van der Waals surface area contributed by atoms with Crippen LogP contribution in [0.3, 0.4) is 0 Å². The number of para-hydroxylation sites is 3. The molecule has 4 aromatic carbocycles. The molecule has 6 nitrogen and oxygen atoms in total. The van der Waals surface area contributed by atoms with Gasteiger partial charge in [0, 0.05) is 21.8 Å². The zero-order chi connectivity index (χ0) is 26.5. The summed E-state index contributed by atoms with van der Waals surface area (Å²) in [5, 5.41) is 8.90. The van der Waals surface area contributed by atoms with Crippen LogP contribution in [0.5, 0.6) is 0 Å². The predicted molar refractivity (Wildman–Crippen MR) is 155 cm³/mol. The number of anilines is 2. The summed E-state index contributed by atoms with van der Waals surface area (Å²) < 4.78 is 17.4. The molecular formula is C31H22ClFN6. The minimum atomic E-state index is -0.529. The molecule has 1 atom stereocenters. The number of aryl methyl sites for hydroxylation is 1. The average molecular weight is 533 g/mol. The van der Waals surface area contributed by atoms with Gasteiger partial charge in [0.25, 0.3) is 0 Å². The van der Waals surface area contributed by atoms with Crippen LogP contribution in [0.1, 0.15) is 22.9 Å². The lowest BCUT2D eigenvalue weighted by molar-refractivity contribution is 0.597. The second-order valence-corrected chi connectivity index (χ2v) is 9.82. The van der Waals surface area contributed by atoms with Crippen molar-refractivity contribution in [1.82, 2.24) is 9.78 Å². The lowest BCUT2D eigenvalue weighted by atomic mass is 9.93. The molecule has 5 aromatic rings. The molecule has 1 aromatic heterocycles. The molecule has 0 spiro atoms. The number of halogens is 2. The molecule has 0 radical (unpaired) electrons. The van der Waals surface area contributed by atoms with E-state index in [2.05, 4.69) is 10.2 Å². The maximum atomic E-state index is 15.6. The fourth-order valence-electron chi connectivity index (χ4n) is 5.24. The highest BCUT2D eigenvalue weighted by molar-refractivity contribution is 6.51. The van der Waals surface area contributed by atoms with Crippen LogP contribution in [0, 0.1) is 12.7 Å². The molecule has 0 amide bonds. The molecule has 3 heterocycles. The number of nitrogens with one attached hydrogen (secondary N) is 1. The molecule has 190 valence electrons. The Hall–Kier alpha value is -4.75. The van der Waals surface area contributed by atoms with E-state index in [9.17, 15) is 0 Å². The van der Waals surface area contributed by atoms with Crippen molar-refractivity contribution in [2.75, 3.05) is 10.2 Å². The van der Waals surface area contributed by atoms with E-state index >= 15 is 4.39 Å². The van der Waals surface area contributed by atoms with Crippen molar-refractivity contribution in [2.24, 2.45) is 9.98 Å². The molecule has 0 saturated heterocycles. The van der Waals surface area contributed by atoms with Gasteiger partial charge in [-0.25, -0.2) is 19.1 Å². The third kappa shape index (κ3) is 3.90. The van der Waals surface area contributed by atoms with E-state index in [1.807, 2.05) is 103 Å². The van der Waals surface area contributed by atoms with Gasteiger partial charge >= 0.3 is 0 Å². The average Bonchev–Trinajstić information content (AvgIpc) is 3.29. The SMILES string of the molecule is Cc1nn(-c2ccccc2)c2c1C(c1ccccc1F)N1C(=N2)C(Nc2cccc(Cl)c2)=Nc2ccccc21. The summed E-state index contributed by atoms with van der Waals surface area (Å²) in [6, 6.07) is 31.4. The van der Waals surface area contributed by atoms with Crippen molar-refractivity contribution in [2.45, 2.75) is 13.0 Å². The number of aromatic nitrogens is 2. The third-order valence-electron chi connectivity index (χ3n) is 6.93. The molecule has 0 fully saturated rings. The van der Waals surface area contributed by atoms with Gasteiger partial charge in [-0.1, -0.05) is 66.2 Å². The first-order valence-electron chi connectivity index (χ1n) is 12.6. The maximum absolute atomic E-state index is 15.6. The smallest absolute Gasteiger partial charge is 0.179 e. The highest BCUT2D eigenvalue weighted by atomic mass is 35.5. The van der Waals surface area contributed by atoms with Crippen molar-refractivity contribution in [3.63, 3.8) is 0 Å². The topological polar surface area (TPSA) is 57.8 Å². The zero-order valence-electron chi connectivity index (χ0n) is 20.9. The van der Waals surface area contributed by atoms with E-state index in [0.717, 1.165) is 34.0 Å². The van der Waals surface area contributed by atoms with Crippen LogP contribution in [-0.4, -0.2) is 21.5 Å². The van der Waals surface area contributed by atoms with Gasteiger partial charge in [-0.15, -0.1) is 0 Å². The van der Waals surface area contributed by atoms with Gasteiger partial charge in [-0.2, -0.15) is 5.10 Å². The summed E-state index contributed by atoms with van der Waals surface area (Å²) in [5.41, 5.74) is 5.35. The van der Waals surface area contributed by atoms with Gasteiger partial charge in [0.15, 0.2) is 17.5 Å². The normalized spacial score (nSPS) is 15.6. The Morgan fingerprint density at radius 2 is 1.62 bits per heavy atom. The van der Waals surface area contributed by atoms with Crippen molar-refractivity contribution >= 4 is 46.2 Å². The molecule has 2 aliphatic rings. The van der Waals surface area contributed by atoms with Crippen molar-refractivity contribution in [1.29, 1.82) is 0 Å². The quantitative estimate of drug-likeness (QED) is 0.258. The second-order valence-electron chi connectivity index (χ2n) is 9.38. The molecule has 39 heavy (non-hydrogen) atoms. The molecule has 0 saturated carbocycles. The standard InChI is InChI=1S/C31H22ClFN6/c1-19-27-28(23-14-5-6-15-24(23)33)38-26-17-8-7-16-25(26)35-29(34-21-11-9-10-20(32)18-21)31(38)36-30(27)39(37-19)22-12-3-2-4-13-22/h2-18,28H,1H3,(H,34,35).